The van der Waals surface area contributed by atoms with Gasteiger partial charge in [-0.05, 0) is 55.2 Å². The summed E-state index contributed by atoms with van der Waals surface area (Å²) in [6.45, 7) is 4.17. The van der Waals surface area contributed by atoms with Gasteiger partial charge in [0.15, 0.2) is 5.78 Å². The lowest BCUT2D eigenvalue weighted by molar-refractivity contribution is -0.146. The monoisotopic (exact) mass is 447 g/mol. The van der Waals surface area contributed by atoms with Crippen LogP contribution in [0.15, 0.2) is 41.2 Å². The van der Waals surface area contributed by atoms with E-state index in [0.717, 1.165) is 43.4 Å². The number of nitrogens with one attached hydrogen (secondary N) is 1. The third kappa shape index (κ3) is 4.31. The molecule has 3 aliphatic rings. The summed E-state index contributed by atoms with van der Waals surface area (Å²) in [7, 11) is 0. The van der Waals surface area contributed by atoms with E-state index in [1.54, 1.807) is 18.3 Å². The quantitative estimate of drug-likeness (QED) is 0.569. The van der Waals surface area contributed by atoms with Crippen LogP contribution in [0, 0.1) is 5.41 Å². The Bertz CT molecular complexity index is 942. The van der Waals surface area contributed by atoms with Crippen LogP contribution in [-0.2, 0) is 14.3 Å². The third-order valence-electron chi connectivity index (χ3n) is 6.26. The summed E-state index contributed by atoms with van der Waals surface area (Å²) < 4.78 is 5.85. The van der Waals surface area contributed by atoms with Gasteiger partial charge in [-0.2, -0.15) is 0 Å². The molecule has 6 heteroatoms. The topological polar surface area (TPSA) is 55.4 Å². The van der Waals surface area contributed by atoms with Gasteiger partial charge in [0.25, 0.3) is 0 Å². The maximum atomic E-state index is 13.2. The number of allylic oxidation sites excluding steroid dienone is 2. The van der Waals surface area contributed by atoms with Gasteiger partial charge in [0, 0.05) is 29.8 Å². The zero-order valence-corrected chi connectivity index (χ0v) is 18.9. The Kier molecular flexibility index (Phi) is 6.00. The minimum absolute atomic E-state index is 0.0564. The van der Waals surface area contributed by atoms with Crippen LogP contribution in [0.25, 0.3) is 0 Å². The van der Waals surface area contributed by atoms with Gasteiger partial charge in [0.2, 0.25) is 0 Å². The second kappa shape index (κ2) is 8.39. The summed E-state index contributed by atoms with van der Waals surface area (Å²) in [6, 6.07) is 5.30. The van der Waals surface area contributed by atoms with Crippen LogP contribution in [0.1, 0.15) is 70.3 Å². The molecule has 30 heavy (non-hydrogen) atoms. The van der Waals surface area contributed by atoms with Crippen LogP contribution >= 0.6 is 23.2 Å². The molecule has 1 aromatic rings. The number of hydrogen-bond donors (Lipinski definition) is 1. The van der Waals surface area contributed by atoms with Gasteiger partial charge < -0.3 is 10.1 Å². The summed E-state index contributed by atoms with van der Waals surface area (Å²) >= 11 is 12.4. The Morgan fingerprint density at radius 2 is 1.83 bits per heavy atom. The van der Waals surface area contributed by atoms with Crippen molar-refractivity contribution in [2.45, 2.75) is 70.8 Å². The first-order chi connectivity index (χ1) is 14.2. The number of dihydropyridines is 1. The lowest BCUT2D eigenvalue weighted by atomic mass is 9.69. The van der Waals surface area contributed by atoms with Crippen molar-refractivity contribution in [2.24, 2.45) is 5.41 Å². The molecule has 0 spiro atoms. The number of esters is 1. The SMILES string of the molecule is CC1(C)CC(=O)C2=C(C1)NC=C(C(=O)OC1CCCCC1)C2c1ccc(Cl)c(Cl)c1. The molecule has 0 bridgehead atoms. The van der Waals surface area contributed by atoms with Crippen LogP contribution in [0.2, 0.25) is 10.0 Å². The number of rotatable bonds is 3. The number of ether oxygens (including phenoxy) is 1. The van der Waals surface area contributed by atoms with Crippen molar-refractivity contribution < 1.29 is 14.3 Å². The number of Topliss-reactive ketones (excluding diaryl/α,β-unsaturated/α-hetero) is 1. The highest BCUT2D eigenvalue weighted by Crippen LogP contribution is 2.46. The number of carbonyl (C=O) groups is 2. The van der Waals surface area contributed by atoms with Crippen LogP contribution in [0.5, 0.6) is 0 Å². The molecule has 1 atom stereocenters. The third-order valence-corrected chi connectivity index (χ3v) is 7.00. The van der Waals surface area contributed by atoms with Crippen molar-refractivity contribution in [3.05, 3.63) is 56.9 Å². The van der Waals surface area contributed by atoms with E-state index in [0.29, 0.717) is 27.6 Å². The fraction of sp³-hybridized carbons (Fsp3) is 0.500. The Hall–Kier alpha value is -1.78. The minimum Gasteiger partial charge on any atom is -0.459 e. The first-order valence-corrected chi connectivity index (χ1v) is 11.4. The smallest absolute Gasteiger partial charge is 0.336 e. The molecule has 1 aliphatic heterocycles. The van der Waals surface area contributed by atoms with Crippen molar-refractivity contribution in [3.8, 4) is 0 Å². The van der Waals surface area contributed by atoms with E-state index in [1.165, 1.54) is 6.42 Å². The number of carbonyl (C=O) groups excluding carboxylic acids is 2. The van der Waals surface area contributed by atoms with E-state index in [-0.39, 0.29) is 23.3 Å². The maximum absolute atomic E-state index is 13.2. The second-order valence-corrected chi connectivity index (χ2v) is 10.2. The number of hydrogen-bond acceptors (Lipinski definition) is 4. The molecule has 4 rings (SSSR count). The highest BCUT2D eigenvalue weighted by Gasteiger charge is 2.42. The maximum Gasteiger partial charge on any atom is 0.336 e. The molecule has 1 saturated carbocycles. The Balaban J connectivity index is 1.72. The van der Waals surface area contributed by atoms with E-state index in [2.05, 4.69) is 19.2 Å². The average Bonchev–Trinajstić information content (AvgIpc) is 2.69. The van der Waals surface area contributed by atoms with Gasteiger partial charge in [-0.15, -0.1) is 0 Å². The van der Waals surface area contributed by atoms with Gasteiger partial charge in [-0.25, -0.2) is 4.79 Å². The molecule has 1 N–H and O–H groups in total. The van der Waals surface area contributed by atoms with E-state index < -0.39 is 5.92 Å². The van der Waals surface area contributed by atoms with Crippen LogP contribution in [-0.4, -0.2) is 17.9 Å². The Morgan fingerprint density at radius 3 is 2.53 bits per heavy atom. The van der Waals surface area contributed by atoms with Crippen molar-refractivity contribution in [2.75, 3.05) is 0 Å². The van der Waals surface area contributed by atoms with Crippen LogP contribution in [0.3, 0.4) is 0 Å². The molecule has 1 aromatic carbocycles. The summed E-state index contributed by atoms with van der Waals surface area (Å²) in [5.41, 5.74) is 2.62. The molecule has 2 aliphatic carbocycles. The van der Waals surface area contributed by atoms with Gasteiger partial charge in [-0.3, -0.25) is 4.79 Å². The molecule has 0 aromatic heterocycles. The molecule has 0 radical (unpaired) electrons. The second-order valence-electron chi connectivity index (χ2n) is 9.35. The van der Waals surface area contributed by atoms with Crippen LogP contribution in [0.4, 0.5) is 0 Å². The van der Waals surface area contributed by atoms with Gasteiger partial charge >= 0.3 is 5.97 Å². The van der Waals surface area contributed by atoms with E-state index in [1.807, 2.05) is 6.07 Å². The average molecular weight is 448 g/mol. The first kappa shape index (κ1) is 21.5. The largest absolute Gasteiger partial charge is 0.459 e. The number of halogens is 2. The highest BCUT2D eigenvalue weighted by atomic mass is 35.5. The predicted molar refractivity (Wildman–Crippen MR) is 118 cm³/mol. The van der Waals surface area contributed by atoms with E-state index in [4.69, 9.17) is 27.9 Å². The fourth-order valence-electron chi connectivity index (χ4n) is 4.82. The fourth-order valence-corrected chi connectivity index (χ4v) is 5.13. The normalized spacial score (nSPS) is 24.1. The molecule has 1 heterocycles. The minimum atomic E-state index is -0.504. The lowest BCUT2D eigenvalue weighted by Gasteiger charge is -2.38. The predicted octanol–water partition coefficient (Wildman–Crippen LogP) is 6.08. The molecule has 0 amide bonds. The Labute approximate surface area is 187 Å². The van der Waals surface area contributed by atoms with Crippen LogP contribution < -0.4 is 5.32 Å². The van der Waals surface area contributed by atoms with Crippen molar-refractivity contribution >= 4 is 35.0 Å². The summed E-state index contributed by atoms with van der Waals surface area (Å²) in [6.07, 6.45) is 7.97. The summed E-state index contributed by atoms with van der Waals surface area (Å²) in [5.74, 6) is -0.814. The van der Waals surface area contributed by atoms with Gasteiger partial charge in [-0.1, -0.05) is 49.5 Å². The number of ketones is 1. The molecule has 1 fully saturated rings. The standard InChI is InChI=1S/C24H27Cl2NO3/c1-24(2)11-19-22(20(28)12-24)21(14-8-9-17(25)18(26)10-14)16(13-27-19)23(29)30-15-6-4-3-5-7-15/h8-10,13,15,21,27H,3-7,11-12H2,1-2H3. The van der Waals surface area contributed by atoms with Gasteiger partial charge in [0.1, 0.15) is 6.10 Å². The molecule has 4 nitrogen and oxygen atoms in total. The summed E-state index contributed by atoms with van der Waals surface area (Å²) in [4.78, 5) is 26.4. The van der Waals surface area contributed by atoms with E-state index in [9.17, 15) is 9.59 Å². The molecule has 0 saturated heterocycles. The number of benzene rings is 1. The van der Waals surface area contributed by atoms with Crippen molar-refractivity contribution in [3.63, 3.8) is 0 Å². The highest BCUT2D eigenvalue weighted by molar-refractivity contribution is 6.42. The summed E-state index contributed by atoms with van der Waals surface area (Å²) in [5, 5.41) is 4.08. The first-order valence-electron chi connectivity index (χ1n) is 10.6. The van der Waals surface area contributed by atoms with Crippen molar-refractivity contribution in [1.29, 1.82) is 0 Å². The molecule has 160 valence electrons. The molecular weight excluding hydrogens is 421 g/mol. The Morgan fingerprint density at radius 1 is 1.10 bits per heavy atom. The molecular formula is C24H27Cl2NO3. The lowest BCUT2D eigenvalue weighted by Crippen LogP contribution is -2.37. The van der Waals surface area contributed by atoms with Crippen molar-refractivity contribution in [1.82, 2.24) is 5.32 Å². The zero-order chi connectivity index (χ0) is 21.5. The molecule has 1 unspecified atom stereocenters. The van der Waals surface area contributed by atoms with E-state index >= 15 is 0 Å². The van der Waals surface area contributed by atoms with Gasteiger partial charge in [0.05, 0.1) is 15.6 Å². The zero-order valence-electron chi connectivity index (χ0n) is 17.4.